The molecule has 1 fully saturated rings. The standard InChI is InChI=1S/C7H11F2.BrH.Zn/c1-6-2-4-7(8,9)5-3-6;;/h6H,1-5H2;1H;/q-1;;+2/p-1. The molecule has 0 aromatic heterocycles. The van der Waals surface area contributed by atoms with Crippen molar-refractivity contribution in [3.8, 4) is 0 Å². The molecule has 1 aliphatic carbocycles. The fourth-order valence-corrected chi connectivity index (χ4v) is 1.10. The zero-order valence-electron chi connectivity index (χ0n) is 6.45. The molecular weight excluding hydrogens is 267 g/mol. The summed E-state index contributed by atoms with van der Waals surface area (Å²) in [6.45, 7) is 3.73. The van der Waals surface area contributed by atoms with E-state index in [4.69, 9.17) is 0 Å². The molecule has 11 heavy (non-hydrogen) atoms. The first-order valence-electron chi connectivity index (χ1n) is 3.31. The quantitative estimate of drug-likeness (QED) is 0.420. The first-order chi connectivity index (χ1) is 4.10. The Balaban J connectivity index is 0. The maximum atomic E-state index is 12.4. The van der Waals surface area contributed by atoms with Crippen molar-refractivity contribution in [3.05, 3.63) is 6.92 Å². The topological polar surface area (TPSA) is 0 Å². The van der Waals surface area contributed by atoms with Crippen LogP contribution in [0.3, 0.4) is 0 Å². The van der Waals surface area contributed by atoms with Crippen LogP contribution in [0.25, 0.3) is 0 Å². The van der Waals surface area contributed by atoms with Gasteiger partial charge in [0, 0.05) is 12.8 Å². The predicted molar refractivity (Wildman–Crippen MR) is 32.3 cm³/mol. The fourth-order valence-electron chi connectivity index (χ4n) is 1.10. The van der Waals surface area contributed by atoms with Crippen molar-refractivity contribution in [1.29, 1.82) is 0 Å². The molecule has 1 saturated carbocycles. The molecule has 62 valence electrons. The van der Waals surface area contributed by atoms with Crippen LogP contribution >= 0.6 is 0 Å². The summed E-state index contributed by atoms with van der Waals surface area (Å²) >= 11 is 0. The van der Waals surface area contributed by atoms with Crippen LogP contribution in [0, 0.1) is 12.8 Å². The molecule has 1 aliphatic rings. The summed E-state index contributed by atoms with van der Waals surface area (Å²) in [5, 5.41) is 0. The Morgan fingerprint density at radius 2 is 1.55 bits per heavy atom. The van der Waals surface area contributed by atoms with Crippen LogP contribution in [-0.2, 0) is 19.5 Å². The molecule has 0 bridgehead atoms. The van der Waals surface area contributed by atoms with Crippen LogP contribution in [0.1, 0.15) is 25.7 Å². The van der Waals surface area contributed by atoms with Crippen molar-refractivity contribution in [2.45, 2.75) is 31.6 Å². The molecule has 0 atom stereocenters. The summed E-state index contributed by atoms with van der Waals surface area (Å²) in [6, 6.07) is 0. The molecular formula is C7H11BrF2Zn. The van der Waals surface area contributed by atoms with Crippen LogP contribution in [0.4, 0.5) is 8.78 Å². The van der Waals surface area contributed by atoms with Gasteiger partial charge in [-0.05, 0) is 0 Å². The van der Waals surface area contributed by atoms with Crippen LogP contribution in [0.15, 0.2) is 0 Å². The monoisotopic (exact) mass is 276 g/mol. The molecule has 0 saturated heterocycles. The van der Waals surface area contributed by atoms with Gasteiger partial charge in [0.2, 0.25) is 5.92 Å². The van der Waals surface area contributed by atoms with E-state index < -0.39 is 5.92 Å². The van der Waals surface area contributed by atoms with Gasteiger partial charge in [0.05, 0.1) is 0 Å². The smallest absolute Gasteiger partial charge is 1.00 e. The van der Waals surface area contributed by atoms with Crippen molar-refractivity contribution in [2.24, 2.45) is 5.92 Å². The van der Waals surface area contributed by atoms with Gasteiger partial charge in [-0.3, -0.25) is 0 Å². The van der Waals surface area contributed by atoms with E-state index in [1.165, 1.54) is 0 Å². The molecule has 0 nitrogen and oxygen atoms in total. The van der Waals surface area contributed by atoms with E-state index in [0.29, 0.717) is 12.8 Å². The van der Waals surface area contributed by atoms with Gasteiger partial charge >= 0.3 is 19.5 Å². The third kappa shape index (κ3) is 5.24. The second-order valence-electron chi connectivity index (χ2n) is 2.80. The van der Waals surface area contributed by atoms with Crippen LogP contribution in [-0.4, -0.2) is 5.92 Å². The minimum Gasteiger partial charge on any atom is -1.00 e. The van der Waals surface area contributed by atoms with Crippen molar-refractivity contribution >= 4 is 0 Å². The van der Waals surface area contributed by atoms with E-state index in [1.807, 2.05) is 0 Å². The molecule has 0 heterocycles. The van der Waals surface area contributed by atoms with Gasteiger partial charge in [0.1, 0.15) is 0 Å². The second kappa shape index (κ2) is 5.58. The van der Waals surface area contributed by atoms with Gasteiger partial charge in [-0.2, -0.15) is 5.92 Å². The van der Waals surface area contributed by atoms with Gasteiger partial charge in [0.25, 0.3) is 0 Å². The van der Waals surface area contributed by atoms with Gasteiger partial charge in [0.15, 0.2) is 0 Å². The Morgan fingerprint density at radius 1 is 1.18 bits per heavy atom. The normalized spacial score (nSPS) is 23.2. The Hall–Kier alpha value is 0.963. The minimum atomic E-state index is -2.38. The van der Waals surface area contributed by atoms with Gasteiger partial charge in [-0.25, -0.2) is 8.78 Å². The van der Waals surface area contributed by atoms with Crippen molar-refractivity contribution in [3.63, 3.8) is 0 Å². The first-order valence-corrected chi connectivity index (χ1v) is 3.31. The third-order valence-corrected chi connectivity index (χ3v) is 1.84. The number of halogens is 3. The zero-order valence-corrected chi connectivity index (χ0v) is 11.0. The first kappa shape index (κ1) is 14.5. The van der Waals surface area contributed by atoms with Crippen molar-refractivity contribution in [2.75, 3.05) is 0 Å². The van der Waals surface area contributed by atoms with E-state index >= 15 is 0 Å². The average Bonchev–Trinajstić information content (AvgIpc) is 1.78. The summed E-state index contributed by atoms with van der Waals surface area (Å²) in [5.74, 6) is -2.11. The van der Waals surface area contributed by atoms with Crippen molar-refractivity contribution in [1.82, 2.24) is 0 Å². The molecule has 0 radical (unpaired) electrons. The summed E-state index contributed by atoms with van der Waals surface area (Å²) in [6.07, 6.45) is 1.27. The molecule has 0 amide bonds. The average molecular weight is 278 g/mol. The van der Waals surface area contributed by atoms with Crippen molar-refractivity contribution < 1.29 is 45.2 Å². The molecule has 0 spiro atoms. The Labute approximate surface area is 89.7 Å². The molecule has 0 aliphatic heterocycles. The van der Waals surface area contributed by atoms with E-state index in [0.717, 1.165) is 0 Å². The minimum absolute atomic E-state index is 0. The van der Waals surface area contributed by atoms with E-state index in [-0.39, 0.29) is 55.2 Å². The number of hydrogen-bond acceptors (Lipinski definition) is 0. The summed E-state index contributed by atoms with van der Waals surface area (Å²) in [5.41, 5.74) is 0. The molecule has 1 rings (SSSR count). The van der Waals surface area contributed by atoms with Crippen LogP contribution in [0.2, 0.25) is 0 Å². The van der Waals surface area contributed by atoms with E-state index in [2.05, 4.69) is 6.92 Å². The van der Waals surface area contributed by atoms with Gasteiger partial charge in [-0.1, -0.05) is 12.8 Å². The number of rotatable bonds is 0. The molecule has 0 N–H and O–H groups in total. The predicted octanol–water partition coefficient (Wildman–Crippen LogP) is -0.353. The molecule has 4 heteroatoms. The SMILES string of the molecule is [Br-].[CH2-]C1CCC(F)(F)CC1.[Zn+2]. The number of hydrogen-bond donors (Lipinski definition) is 0. The molecule has 0 aromatic rings. The fraction of sp³-hybridized carbons (Fsp3) is 0.857. The summed E-state index contributed by atoms with van der Waals surface area (Å²) < 4.78 is 24.7. The Bertz CT molecular complexity index is 98.6. The zero-order chi connectivity index (χ0) is 6.91. The van der Waals surface area contributed by atoms with Crippen LogP contribution < -0.4 is 17.0 Å². The Kier molecular flexibility index (Phi) is 7.35. The second-order valence-corrected chi connectivity index (χ2v) is 2.80. The third-order valence-electron chi connectivity index (χ3n) is 1.84. The van der Waals surface area contributed by atoms with Crippen LogP contribution in [0.5, 0.6) is 0 Å². The maximum absolute atomic E-state index is 12.4. The molecule has 0 unspecified atom stereocenters. The summed E-state index contributed by atoms with van der Waals surface area (Å²) in [7, 11) is 0. The Morgan fingerprint density at radius 3 is 1.82 bits per heavy atom. The van der Waals surface area contributed by atoms with E-state index in [9.17, 15) is 8.78 Å². The largest absolute Gasteiger partial charge is 2.00 e. The van der Waals surface area contributed by atoms with Gasteiger partial charge in [-0.15, -0.1) is 0 Å². The van der Waals surface area contributed by atoms with Gasteiger partial charge < -0.3 is 23.9 Å². The van der Waals surface area contributed by atoms with E-state index in [1.54, 1.807) is 0 Å². The summed E-state index contributed by atoms with van der Waals surface area (Å²) in [4.78, 5) is 0. The molecule has 0 aromatic carbocycles. The maximum Gasteiger partial charge on any atom is 2.00 e. The number of alkyl halides is 2.